The third-order valence-electron chi connectivity index (χ3n) is 6.57. The van der Waals surface area contributed by atoms with E-state index < -0.39 is 0 Å². The maximum Gasteiger partial charge on any atom is 0.0956 e. The number of hydrogen-bond acceptors (Lipinski definition) is 2. The molecule has 144 valence electrons. The number of nitrogens with zero attached hydrogens (tertiary/aromatic N) is 2. The first-order valence-electron chi connectivity index (χ1n) is 10.6. The Hall–Kier alpha value is -2.39. The van der Waals surface area contributed by atoms with Gasteiger partial charge in [-0.15, -0.1) is 0 Å². The van der Waals surface area contributed by atoms with Gasteiger partial charge in [0.1, 0.15) is 0 Å². The number of imidazole rings is 1. The van der Waals surface area contributed by atoms with E-state index >= 15 is 0 Å². The summed E-state index contributed by atoms with van der Waals surface area (Å²) in [4.78, 5) is 4.39. The summed E-state index contributed by atoms with van der Waals surface area (Å²) in [7, 11) is 0. The topological polar surface area (TPSA) is 27.1 Å². The van der Waals surface area contributed by atoms with Gasteiger partial charge in [0.2, 0.25) is 0 Å². The summed E-state index contributed by atoms with van der Waals surface area (Å²) in [5.74, 6) is 0.830. The SMILES string of the molecule is c1ccc(COC2CCC(CCC3c4ccccc4-c4cncn43)CC2)cc1. The summed E-state index contributed by atoms with van der Waals surface area (Å²) < 4.78 is 8.54. The standard InChI is InChI=1S/C25H28N2O/c1-2-6-20(7-3-1)17-28-21-13-10-19(11-14-21)12-15-24-22-8-4-5-9-23(22)25-16-26-18-27(24)25/h1-9,16,18-19,21,24H,10-15,17H2. The van der Waals surface area contributed by atoms with Crippen LogP contribution in [0.15, 0.2) is 67.1 Å². The fourth-order valence-electron chi connectivity index (χ4n) is 5.00. The molecule has 0 radical (unpaired) electrons. The van der Waals surface area contributed by atoms with Crippen molar-refractivity contribution in [3.8, 4) is 11.3 Å². The van der Waals surface area contributed by atoms with Gasteiger partial charge in [0.25, 0.3) is 0 Å². The van der Waals surface area contributed by atoms with Gasteiger partial charge in [-0.25, -0.2) is 4.98 Å². The molecular formula is C25H28N2O. The molecule has 1 aliphatic carbocycles. The Bertz CT molecular complexity index is 909. The van der Waals surface area contributed by atoms with Crippen LogP contribution in [-0.4, -0.2) is 15.7 Å². The Balaban J connectivity index is 1.13. The first-order chi connectivity index (χ1) is 13.9. The van der Waals surface area contributed by atoms with E-state index in [1.54, 1.807) is 0 Å². The first kappa shape index (κ1) is 17.7. The van der Waals surface area contributed by atoms with Crippen LogP contribution in [0.3, 0.4) is 0 Å². The van der Waals surface area contributed by atoms with E-state index in [1.807, 2.05) is 12.5 Å². The molecule has 1 unspecified atom stereocenters. The van der Waals surface area contributed by atoms with Crippen molar-refractivity contribution in [1.29, 1.82) is 0 Å². The largest absolute Gasteiger partial charge is 0.374 e. The van der Waals surface area contributed by atoms with Crippen molar-refractivity contribution in [1.82, 2.24) is 9.55 Å². The lowest BCUT2D eigenvalue weighted by atomic mass is 9.83. The molecule has 3 heteroatoms. The smallest absolute Gasteiger partial charge is 0.0956 e. The molecule has 0 amide bonds. The quantitative estimate of drug-likeness (QED) is 0.530. The van der Waals surface area contributed by atoms with E-state index in [2.05, 4.69) is 64.1 Å². The zero-order valence-corrected chi connectivity index (χ0v) is 16.3. The highest BCUT2D eigenvalue weighted by atomic mass is 16.5. The van der Waals surface area contributed by atoms with Crippen LogP contribution < -0.4 is 0 Å². The number of benzene rings is 2. The molecule has 2 heterocycles. The van der Waals surface area contributed by atoms with Crippen LogP contribution in [-0.2, 0) is 11.3 Å². The minimum atomic E-state index is 0.434. The molecule has 5 rings (SSSR count). The molecule has 0 spiro atoms. The van der Waals surface area contributed by atoms with Crippen LogP contribution in [0.2, 0.25) is 0 Å². The first-order valence-corrected chi connectivity index (χ1v) is 10.6. The molecule has 1 atom stereocenters. The Morgan fingerprint density at radius 2 is 1.68 bits per heavy atom. The second kappa shape index (κ2) is 7.92. The van der Waals surface area contributed by atoms with Gasteiger partial charge in [-0.05, 0) is 55.6 Å². The number of fused-ring (bicyclic) bond motifs is 3. The molecule has 1 aliphatic heterocycles. The van der Waals surface area contributed by atoms with Gasteiger partial charge < -0.3 is 9.30 Å². The Kier molecular flexibility index (Phi) is 5.01. The predicted octanol–water partition coefficient (Wildman–Crippen LogP) is 6.01. The van der Waals surface area contributed by atoms with E-state index in [0.29, 0.717) is 12.1 Å². The summed E-state index contributed by atoms with van der Waals surface area (Å²) in [5, 5.41) is 0. The van der Waals surface area contributed by atoms with Crippen LogP contribution in [0.25, 0.3) is 11.3 Å². The Labute approximate surface area is 167 Å². The Morgan fingerprint density at radius 3 is 2.54 bits per heavy atom. The van der Waals surface area contributed by atoms with Crippen molar-refractivity contribution >= 4 is 0 Å². The van der Waals surface area contributed by atoms with Crippen LogP contribution in [0.5, 0.6) is 0 Å². The van der Waals surface area contributed by atoms with E-state index in [1.165, 1.54) is 60.9 Å². The minimum Gasteiger partial charge on any atom is -0.374 e. The molecule has 2 aromatic carbocycles. The van der Waals surface area contributed by atoms with Gasteiger partial charge in [0.15, 0.2) is 0 Å². The molecule has 1 saturated carbocycles. The van der Waals surface area contributed by atoms with Gasteiger partial charge in [-0.3, -0.25) is 0 Å². The van der Waals surface area contributed by atoms with Crippen LogP contribution in [0, 0.1) is 5.92 Å². The van der Waals surface area contributed by atoms with Crippen LogP contribution in [0.1, 0.15) is 55.7 Å². The average molecular weight is 373 g/mol. The number of hydrogen-bond donors (Lipinski definition) is 0. The molecular weight excluding hydrogens is 344 g/mol. The highest BCUT2D eigenvalue weighted by Gasteiger charge is 2.29. The zero-order chi connectivity index (χ0) is 18.8. The second-order valence-electron chi connectivity index (χ2n) is 8.31. The van der Waals surface area contributed by atoms with E-state index in [9.17, 15) is 0 Å². The average Bonchev–Trinajstić information content (AvgIpc) is 3.34. The summed E-state index contributed by atoms with van der Waals surface area (Å²) in [6, 6.07) is 19.8. The molecule has 0 bridgehead atoms. The highest BCUT2D eigenvalue weighted by Crippen LogP contribution is 2.42. The fourth-order valence-corrected chi connectivity index (χ4v) is 5.00. The fraction of sp³-hybridized carbons (Fsp3) is 0.400. The normalized spacial score (nSPS) is 23.4. The summed E-state index contributed by atoms with van der Waals surface area (Å²) in [6.45, 7) is 0.748. The molecule has 28 heavy (non-hydrogen) atoms. The Morgan fingerprint density at radius 1 is 0.893 bits per heavy atom. The lowest BCUT2D eigenvalue weighted by Gasteiger charge is -2.29. The van der Waals surface area contributed by atoms with Crippen molar-refractivity contribution in [2.24, 2.45) is 5.92 Å². The van der Waals surface area contributed by atoms with Crippen LogP contribution in [0.4, 0.5) is 0 Å². The molecule has 3 aromatic rings. The van der Waals surface area contributed by atoms with Gasteiger partial charge in [-0.2, -0.15) is 0 Å². The molecule has 1 aromatic heterocycles. The van der Waals surface area contributed by atoms with Gasteiger partial charge in [-0.1, -0.05) is 54.6 Å². The zero-order valence-electron chi connectivity index (χ0n) is 16.3. The van der Waals surface area contributed by atoms with E-state index in [4.69, 9.17) is 4.74 Å². The summed E-state index contributed by atoms with van der Waals surface area (Å²) in [5.41, 5.74) is 5.39. The maximum atomic E-state index is 6.17. The van der Waals surface area contributed by atoms with Crippen molar-refractivity contribution in [2.75, 3.05) is 0 Å². The maximum absolute atomic E-state index is 6.17. The van der Waals surface area contributed by atoms with Gasteiger partial charge in [0, 0.05) is 5.56 Å². The van der Waals surface area contributed by atoms with Crippen LogP contribution >= 0.6 is 0 Å². The van der Waals surface area contributed by atoms with Crippen molar-refractivity contribution in [3.05, 3.63) is 78.2 Å². The lowest BCUT2D eigenvalue weighted by Crippen LogP contribution is -2.22. The lowest BCUT2D eigenvalue weighted by molar-refractivity contribution is 0.00599. The summed E-state index contributed by atoms with van der Waals surface area (Å²) >= 11 is 0. The summed E-state index contributed by atoms with van der Waals surface area (Å²) in [6.07, 6.45) is 12.0. The number of aromatic nitrogens is 2. The van der Waals surface area contributed by atoms with Gasteiger partial charge in [0.05, 0.1) is 37.0 Å². The third-order valence-corrected chi connectivity index (χ3v) is 6.57. The number of ether oxygens (including phenoxy) is 1. The van der Waals surface area contributed by atoms with E-state index in [0.717, 1.165) is 12.5 Å². The van der Waals surface area contributed by atoms with Crippen molar-refractivity contribution in [3.63, 3.8) is 0 Å². The predicted molar refractivity (Wildman–Crippen MR) is 112 cm³/mol. The van der Waals surface area contributed by atoms with E-state index in [-0.39, 0.29) is 0 Å². The molecule has 3 nitrogen and oxygen atoms in total. The monoisotopic (exact) mass is 372 g/mol. The molecule has 1 fully saturated rings. The van der Waals surface area contributed by atoms with Crippen molar-refractivity contribution in [2.45, 2.75) is 57.3 Å². The minimum absolute atomic E-state index is 0.434. The number of rotatable bonds is 6. The third kappa shape index (κ3) is 3.51. The molecule has 0 saturated heterocycles. The molecule has 0 N–H and O–H groups in total. The van der Waals surface area contributed by atoms with Gasteiger partial charge >= 0.3 is 0 Å². The second-order valence-corrected chi connectivity index (χ2v) is 8.31. The van der Waals surface area contributed by atoms with Crippen molar-refractivity contribution < 1.29 is 4.74 Å². The highest BCUT2D eigenvalue weighted by molar-refractivity contribution is 5.68. The molecule has 2 aliphatic rings.